The van der Waals surface area contributed by atoms with E-state index in [9.17, 15) is 14.7 Å². The molecule has 1 saturated heterocycles. The fraction of sp³-hybridized carbons (Fsp3) is 0.293. The van der Waals surface area contributed by atoms with Crippen LogP contribution in [0, 0.1) is 0 Å². The normalized spacial score (nSPS) is 17.0. The number of halogens is 2. The van der Waals surface area contributed by atoms with Gasteiger partial charge in [-0.05, 0) is 58.9 Å². The van der Waals surface area contributed by atoms with Gasteiger partial charge < -0.3 is 35.5 Å². The second kappa shape index (κ2) is 18.4. The Morgan fingerprint density at radius 3 is 2.28 bits per heavy atom. The van der Waals surface area contributed by atoms with E-state index in [1.165, 1.54) is 0 Å². The minimum absolute atomic E-state index is 0.0203. The fourth-order valence-electron chi connectivity index (χ4n) is 6.28. The topological polar surface area (TPSA) is 141 Å². The number of benzene rings is 4. The summed E-state index contributed by atoms with van der Waals surface area (Å²) in [5.41, 5.74) is 12.8. The number of aliphatic hydroxyl groups is 1. The maximum atomic E-state index is 12.6. The van der Waals surface area contributed by atoms with Gasteiger partial charge in [-0.1, -0.05) is 108 Å². The van der Waals surface area contributed by atoms with Crippen LogP contribution in [0.2, 0.25) is 10.3 Å². The van der Waals surface area contributed by atoms with E-state index >= 15 is 0 Å². The number of rotatable bonds is 15. The third kappa shape index (κ3) is 10.5. The molecule has 3 atom stereocenters. The molecule has 4 aromatic carbocycles. The van der Waals surface area contributed by atoms with Crippen LogP contribution >= 0.6 is 23.2 Å². The van der Waals surface area contributed by atoms with Crippen molar-refractivity contribution in [3.63, 3.8) is 0 Å². The first-order chi connectivity index (χ1) is 25.7. The molecule has 53 heavy (non-hydrogen) atoms. The van der Waals surface area contributed by atoms with Gasteiger partial charge in [0.05, 0.1) is 43.1 Å². The van der Waals surface area contributed by atoms with Crippen molar-refractivity contribution < 1.29 is 24.2 Å². The maximum absolute atomic E-state index is 12.6. The summed E-state index contributed by atoms with van der Waals surface area (Å²) in [6.07, 6.45) is 4.04. The molecule has 1 aliphatic heterocycles. The third-order valence-electron chi connectivity index (χ3n) is 9.22. The van der Waals surface area contributed by atoms with Gasteiger partial charge in [-0.15, -0.1) is 0 Å². The summed E-state index contributed by atoms with van der Waals surface area (Å²) in [6.45, 7) is 0.847. The molecule has 276 valence electrons. The lowest BCUT2D eigenvalue weighted by atomic mass is 9.99. The first kappa shape index (κ1) is 38.0. The van der Waals surface area contributed by atoms with Gasteiger partial charge in [0.1, 0.15) is 5.15 Å². The molecule has 1 aromatic heterocycles. The molecule has 2 heterocycles. The molecule has 0 unspecified atom stereocenters. The Labute approximate surface area is 319 Å². The summed E-state index contributed by atoms with van der Waals surface area (Å²) in [7, 11) is 0. The standard InChI is InChI=1S/C41H43Cl2N5O5/c42-39-40(43)48(26-46-39)24-33-22-36(30-15-13-27(25-49)14-16-30)53-41(52-33)31-19-17-29(18-20-31)32-8-6-7-28(21-32)23-45-37(50)11-2-1-3-12-38(51)47-35-10-5-4-9-34(35)44/h4-10,13-21,26,33,36,41,49H,1-3,11-12,22-25,44H2,(H,45,50)(H,47,51)/t33-,36+,41+/m1/s1. The van der Waals surface area contributed by atoms with Crippen LogP contribution in [0.25, 0.3) is 11.1 Å². The zero-order valence-electron chi connectivity index (χ0n) is 29.2. The number of ether oxygens (including phenoxy) is 2. The number of imidazole rings is 1. The predicted octanol–water partition coefficient (Wildman–Crippen LogP) is 8.38. The van der Waals surface area contributed by atoms with Crippen LogP contribution in [0.5, 0.6) is 0 Å². The number of carbonyl (C=O) groups excluding carboxylic acids is 2. The van der Waals surface area contributed by atoms with Crippen molar-refractivity contribution in [3.05, 3.63) is 136 Å². The number of aromatic nitrogens is 2. The minimum atomic E-state index is -0.629. The fourth-order valence-corrected chi connectivity index (χ4v) is 6.59. The molecule has 6 rings (SSSR count). The van der Waals surface area contributed by atoms with Gasteiger partial charge in [0.2, 0.25) is 11.8 Å². The number of nitrogens with one attached hydrogen (secondary N) is 2. The van der Waals surface area contributed by atoms with E-state index in [0.717, 1.165) is 39.8 Å². The molecule has 1 fully saturated rings. The van der Waals surface area contributed by atoms with Crippen LogP contribution in [0.1, 0.15) is 73.2 Å². The average Bonchev–Trinajstić information content (AvgIpc) is 3.50. The number of hydrogen-bond donors (Lipinski definition) is 4. The Balaban J connectivity index is 1.01. The second-order valence-electron chi connectivity index (χ2n) is 13.1. The largest absolute Gasteiger partial charge is 0.397 e. The predicted molar refractivity (Wildman–Crippen MR) is 207 cm³/mol. The van der Waals surface area contributed by atoms with Crippen molar-refractivity contribution in [2.75, 3.05) is 11.1 Å². The smallest absolute Gasteiger partial charge is 0.224 e. The summed E-state index contributed by atoms with van der Waals surface area (Å²) >= 11 is 12.5. The van der Waals surface area contributed by atoms with Gasteiger partial charge in [0.15, 0.2) is 11.4 Å². The van der Waals surface area contributed by atoms with Gasteiger partial charge in [0.25, 0.3) is 0 Å². The summed E-state index contributed by atoms with van der Waals surface area (Å²) in [6, 6.07) is 31.1. The Morgan fingerprint density at radius 2 is 1.57 bits per heavy atom. The Kier molecular flexibility index (Phi) is 13.2. The molecular weight excluding hydrogens is 713 g/mol. The zero-order chi connectivity index (χ0) is 37.2. The quantitative estimate of drug-likeness (QED) is 0.0622. The molecule has 5 N–H and O–H groups in total. The van der Waals surface area contributed by atoms with E-state index in [1.807, 2.05) is 78.9 Å². The number of nitrogen functional groups attached to an aromatic ring is 1. The summed E-state index contributed by atoms with van der Waals surface area (Å²) in [5, 5.41) is 16.0. The molecule has 10 nitrogen and oxygen atoms in total. The molecule has 12 heteroatoms. The van der Waals surface area contributed by atoms with Gasteiger partial charge in [-0.25, -0.2) is 4.98 Å². The van der Waals surface area contributed by atoms with Crippen LogP contribution in [-0.2, 0) is 38.8 Å². The lowest BCUT2D eigenvalue weighted by molar-refractivity contribution is -0.252. The van der Waals surface area contributed by atoms with Gasteiger partial charge in [-0.2, -0.15) is 0 Å². The van der Waals surface area contributed by atoms with E-state index in [2.05, 4.69) is 21.7 Å². The number of unbranched alkanes of at least 4 members (excludes halogenated alkanes) is 2. The highest BCUT2D eigenvalue weighted by molar-refractivity contribution is 6.40. The minimum Gasteiger partial charge on any atom is -0.397 e. The summed E-state index contributed by atoms with van der Waals surface area (Å²) in [4.78, 5) is 28.9. The van der Waals surface area contributed by atoms with Gasteiger partial charge >= 0.3 is 0 Å². The third-order valence-corrected chi connectivity index (χ3v) is 9.99. The number of hydrogen-bond acceptors (Lipinski definition) is 7. The van der Waals surface area contributed by atoms with Crippen molar-refractivity contribution in [2.45, 2.75) is 76.7 Å². The van der Waals surface area contributed by atoms with Crippen LogP contribution in [-0.4, -0.2) is 32.6 Å². The number of carbonyl (C=O) groups is 2. The number of nitrogens with zero attached hydrogens (tertiary/aromatic N) is 2. The van der Waals surface area contributed by atoms with Gasteiger partial charge in [-0.3, -0.25) is 9.59 Å². The Bertz CT molecular complexity index is 1990. The SMILES string of the molecule is Nc1ccccc1NC(=O)CCCCCC(=O)NCc1cccc(-c2ccc([C@H]3O[C@@H](Cn4cnc(Cl)c4Cl)C[C@@H](c4ccc(CO)cc4)O3)cc2)c1. The Hall–Kier alpha value is -4.71. The lowest BCUT2D eigenvalue weighted by Crippen LogP contribution is -2.32. The van der Waals surface area contributed by atoms with Crippen molar-refractivity contribution in [1.82, 2.24) is 14.9 Å². The van der Waals surface area contributed by atoms with E-state index < -0.39 is 6.29 Å². The molecule has 0 spiro atoms. The van der Waals surface area contributed by atoms with E-state index in [0.29, 0.717) is 61.7 Å². The van der Waals surface area contributed by atoms with Crippen LogP contribution in [0.4, 0.5) is 11.4 Å². The van der Waals surface area contributed by atoms with Crippen molar-refractivity contribution in [3.8, 4) is 11.1 Å². The first-order valence-electron chi connectivity index (χ1n) is 17.7. The monoisotopic (exact) mass is 755 g/mol. The van der Waals surface area contributed by atoms with Crippen LogP contribution in [0.15, 0.2) is 103 Å². The van der Waals surface area contributed by atoms with Crippen molar-refractivity contribution in [2.24, 2.45) is 0 Å². The molecule has 0 saturated carbocycles. The number of anilines is 2. The van der Waals surface area contributed by atoms with E-state index in [-0.39, 0.29) is 35.8 Å². The highest BCUT2D eigenvalue weighted by Crippen LogP contribution is 2.39. The van der Waals surface area contributed by atoms with Crippen LogP contribution < -0.4 is 16.4 Å². The Morgan fingerprint density at radius 1 is 0.830 bits per heavy atom. The number of para-hydroxylation sites is 2. The molecule has 5 aromatic rings. The molecule has 2 amide bonds. The molecule has 0 aliphatic carbocycles. The molecule has 0 bridgehead atoms. The van der Waals surface area contributed by atoms with Gasteiger partial charge in [0, 0.05) is 31.4 Å². The summed E-state index contributed by atoms with van der Waals surface area (Å²) in [5.74, 6) is -0.104. The van der Waals surface area contributed by atoms with E-state index in [4.69, 9.17) is 38.4 Å². The lowest BCUT2D eigenvalue weighted by Gasteiger charge is -2.36. The number of aliphatic hydroxyl groups excluding tert-OH is 1. The second-order valence-corrected chi connectivity index (χ2v) is 13.8. The maximum Gasteiger partial charge on any atom is 0.224 e. The number of nitrogens with two attached hydrogens (primary N) is 1. The number of amides is 2. The zero-order valence-corrected chi connectivity index (χ0v) is 30.7. The average molecular weight is 757 g/mol. The van der Waals surface area contributed by atoms with E-state index in [1.54, 1.807) is 23.0 Å². The molecule has 1 aliphatic rings. The highest BCUT2D eigenvalue weighted by Gasteiger charge is 2.33. The molecular formula is C41H43Cl2N5O5. The van der Waals surface area contributed by atoms with Crippen LogP contribution in [0.3, 0.4) is 0 Å². The summed E-state index contributed by atoms with van der Waals surface area (Å²) < 4.78 is 14.7. The van der Waals surface area contributed by atoms with Crippen molar-refractivity contribution in [1.29, 1.82) is 0 Å². The highest BCUT2D eigenvalue weighted by atomic mass is 35.5. The first-order valence-corrected chi connectivity index (χ1v) is 18.5. The van der Waals surface area contributed by atoms with Crippen molar-refractivity contribution >= 4 is 46.4 Å². The molecule has 0 radical (unpaired) electrons.